The summed E-state index contributed by atoms with van der Waals surface area (Å²) in [7, 11) is 2.01. The van der Waals surface area contributed by atoms with Gasteiger partial charge in [0, 0.05) is 39.0 Å². The number of quaternary nitrogens is 1. The molecule has 2 unspecified atom stereocenters. The van der Waals surface area contributed by atoms with Crippen molar-refractivity contribution in [2.75, 3.05) is 53.0 Å². The Hall–Kier alpha value is -1.02. The van der Waals surface area contributed by atoms with Gasteiger partial charge in [0.15, 0.2) is 12.3 Å². The Morgan fingerprint density at radius 3 is 2.70 bits per heavy atom. The zero-order valence-corrected chi connectivity index (χ0v) is 14.3. The fourth-order valence-electron chi connectivity index (χ4n) is 4.02. The second-order valence-corrected chi connectivity index (χ2v) is 6.73. The van der Waals surface area contributed by atoms with Crippen LogP contribution in [0.25, 0.3) is 0 Å². The van der Waals surface area contributed by atoms with Crippen LogP contribution >= 0.6 is 0 Å². The topological polar surface area (TPSA) is 78.9 Å². The number of ether oxygens (including phenoxy) is 1. The molecule has 7 heteroatoms. The van der Waals surface area contributed by atoms with Gasteiger partial charge >= 0.3 is 11.9 Å². The number of hydrogen-bond donors (Lipinski definition) is 2. The van der Waals surface area contributed by atoms with Gasteiger partial charge in [0.1, 0.15) is 6.61 Å². The van der Waals surface area contributed by atoms with Crippen molar-refractivity contribution in [3.8, 4) is 0 Å². The third-order valence-corrected chi connectivity index (χ3v) is 5.55. The first-order valence-corrected chi connectivity index (χ1v) is 8.60. The van der Waals surface area contributed by atoms with E-state index < -0.39 is 5.97 Å². The summed E-state index contributed by atoms with van der Waals surface area (Å²) in [4.78, 5) is 25.9. The number of hydrogen-bond acceptors (Lipinski definition) is 5. The molecule has 0 radical (unpaired) electrons. The van der Waals surface area contributed by atoms with Crippen LogP contribution in [0.5, 0.6) is 0 Å². The summed E-state index contributed by atoms with van der Waals surface area (Å²) in [5.74, 6) is -0.670. The van der Waals surface area contributed by atoms with Gasteiger partial charge in [-0.15, -0.1) is 0 Å². The van der Waals surface area contributed by atoms with Crippen LogP contribution in [-0.4, -0.2) is 85.0 Å². The molecule has 0 aromatic carbocycles. The molecule has 0 aromatic rings. The minimum absolute atomic E-state index is 0.104. The first-order chi connectivity index (χ1) is 11.0. The largest absolute Gasteiger partial charge is 0.481 e. The molecule has 2 N–H and O–H groups in total. The van der Waals surface area contributed by atoms with Crippen LogP contribution in [0.2, 0.25) is 0 Å². The highest BCUT2D eigenvalue weighted by molar-refractivity contribution is 5.71. The highest BCUT2D eigenvalue weighted by Crippen LogP contribution is 2.35. The summed E-state index contributed by atoms with van der Waals surface area (Å²) in [6.45, 7) is 7.18. The van der Waals surface area contributed by atoms with Gasteiger partial charge in [-0.3, -0.25) is 4.79 Å². The molecular formula is C16H30N3O4+. The lowest BCUT2D eigenvalue weighted by atomic mass is 9.96. The Bertz CT molecular complexity index is 439. The van der Waals surface area contributed by atoms with E-state index in [0.29, 0.717) is 24.1 Å². The normalized spacial score (nSPS) is 32.9. The standard InChI is InChI=1S/C16H29N3O4/c1-3-16(18-9-7-17-8-10-18)13-23-12-14(20)19(16,2)11-5-4-6-15(21)22/h17H,3-13H2,1-2H3/p+1. The number of amides is 1. The van der Waals surface area contributed by atoms with E-state index in [1.807, 2.05) is 7.05 Å². The maximum Gasteiger partial charge on any atom is 0.340 e. The van der Waals surface area contributed by atoms with E-state index in [2.05, 4.69) is 17.1 Å². The van der Waals surface area contributed by atoms with Crippen molar-refractivity contribution in [1.29, 1.82) is 0 Å². The Labute approximate surface area is 138 Å². The minimum atomic E-state index is -0.773. The summed E-state index contributed by atoms with van der Waals surface area (Å²) in [6, 6.07) is 0. The predicted octanol–water partition coefficient (Wildman–Crippen LogP) is 0.256. The van der Waals surface area contributed by atoms with E-state index in [1.54, 1.807) is 0 Å². The molecule has 0 bridgehead atoms. The van der Waals surface area contributed by atoms with Gasteiger partial charge < -0.3 is 15.2 Å². The Balaban J connectivity index is 2.17. The zero-order chi connectivity index (χ0) is 16.9. The summed E-state index contributed by atoms with van der Waals surface area (Å²) in [5.41, 5.74) is -0.333. The van der Waals surface area contributed by atoms with Gasteiger partial charge in [-0.25, -0.2) is 14.2 Å². The van der Waals surface area contributed by atoms with Gasteiger partial charge in [-0.1, -0.05) is 6.92 Å². The first-order valence-electron chi connectivity index (χ1n) is 8.60. The lowest BCUT2D eigenvalue weighted by molar-refractivity contribution is -0.911. The second kappa shape index (κ2) is 7.70. The number of rotatable bonds is 7. The number of carbonyl (C=O) groups excluding carboxylic acids is 1. The number of carboxylic acid groups (broad SMARTS) is 1. The number of piperazine rings is 1. The molecule has 132 valence electrons. The number of nitrogens with zero attached hydrogens (tertiary/aromatic N) is 2. The number of aliphatic carboxylic acids is 1. The number of likely N-dealkylation sites (N-methyl/N-ethyl adjacent to an activating group) is 1. The summed E-state index contributed by atoms with van der Waals surface area (Å²) in [5, 5.41) is 12.2. The molecule has 0 aliphatic carbocycles. The number of unbranched alkanes of at least 4 members (excludes halogenated alkanes) is 1. The van der Waals surface area contributed by atoms with Crippen molar-refractivity contribution < 1.29 is 23.9 Å². The molecule has 0 saturated carbocycles. The van der Waals surface area contributed by atoms with Crippen LogP contribution in [0.4, 0.5) is 0 Å². The van der Waals surface area contributed by atoms with Crippen molar-refractivity contribution in [2.45, 2.75) is 38.3 Å². The number of carbonyl (C=O) groups is 2. The van der Waals surface area contributed by atoms with Crippen LogP contribution in [0.1, 0.15) is 32.6 Å². The van der Waals surface area contributed by atoms with Crippen molar-refractivity contribution in [3.63, 3.8) is 0 Å². The highest BCUT2D eigenvalue weighted by Gasteiger charge is 2.58. The molecule has 7 nitrogen and oxygen atoms in total. The molecule has 0 spiro atoms. The predicted molar refractivity (Wildman–Crippen MR) is 85.8 cm³/mol. The summed E-state index contributed by atoms with van der Waals surface area (Å²) < 4.78 is 6.00. The average molecular weight is 328 g/mol. The maximum atomic E-state index is 12.7. The summed E-state index contributed by atoms with van der Waals surface area (Å²) in [6.07, 6.45) is 2.35. The SMILES string of the molecule is CCC1(N2CCNCC2)COCC(=O)[N+]1(C)CCCCC(=O)O. The number of carboxylic acids is 1. The van der Waals surface area contributed by atoms with E-state index in [-0.39, 0.29) is 24.6 Å². The van der Waals surface area contributed by atoms with Gasteiger partial charge in [0.25, 0.3) is 0 Å². The van der Waals surface area contributed by atoms with Gasteiger partial charge in [-0.05, 0) is 12.8 Å². The lowest BCUT2D eigenvalue weighted by Gasteiger charge is -2.56. The van der Waals surface area contributed by atoms with Crippen molar-refractivity contribution >= 4 is 11.9 Å². The molecule has 2 aliphatic heterocycles. The van der Waals surface area contributed by atoms with E-state index in [1.165, 1.54) is 0 Å². The van der Waals surface area contributed by atoms with E-state index in [9.17, 15) is 9.59 Å². The zero-order valence-electron chi connectivity index (χ0n) is 14.3. The lowest BCUT2D eigenvalue weighted by Crippen LogP contribution is -2.78. The minimum Gasteiger partial charge on any atom is -0.481 e. The van der Waals surface area contributed by atoms with Crippen LogP contribution in [-0.2, 0) is 14.3 Å². The fraction of sp³-hybridized carbons (Fsp3) is 0.875. The van der Waals surface area contributed by atoms with Crippen molar-refractivity contribution in [2.24, 2.45) is 0 Å². The van der Waals surface area contributed by atoms with Gasteiger partial charge in [0.2, 0.25) is 0 Å². The van der Waals surface area contributed by atoms with Crippen LogP contribution < -0.4 is 5.32 Å². The Morgan fingerprint density at radius 2 is 2.09 bits per heavy atom. The molecular weight excluding hydrogens is 298 g/mol. The Morgan fingerprint density at radius 1 is 1.39 bits per heavy atom. The van der Waals surface area contributed by atoms with E-state index in [0.717, 1.165) is 39.0 Å². The van der Waals surface area contributed by atoms with Crippen molar-refractivity contribution in [3.05, 3.63) is 0 Å². The first kappa shape index (κ1) is 18.3. The molecule has 2 rings (SSSR count). The molecule has 0 aromatic heterocycles. The quantitative estimate of drug-likeness (QED) is 0.515. The molecule has 2 saturated heterocycles. The average Bonchev–Trinajstić information content (AvgIpc) is 2.55. The van der Waals surface area contributed by atoms with Gasteiger partial charge in [-0.2, -0.15) is 0 Å². The number of morpholine rings is 1. The fourth-order valence-corrected chi connectivity index (χ4v) is 4.02. The van der Waals surface area contributed by atoms with Gasteiger partial charge in [0.05, 0.1) is 13.6 Å². The molecule has 23 heavy (non-hydrogen) atoms. The van der Waals surface area contributed by atoms with Crippen LogP contribution in [0.15, 0.2) is 0 Å². The van der Waals surface area contributed by atoms with Crippen molar-refractivity contribution in [1.82, 2.24) is 10.2 Å². The molecule has 2 aliphatic rings. The van der Waals surface area contributed by atoms with E-state index >= 15 is 0 Å². The monoisotopic (exact) mass is 328 g/mol. The maximum absolute atomic E-state index is 12.7. The number of nitrogens with one attached hydrogen (secondary N) is 1. The molecule has 2 fully saturated rings. The molecule has 2 atom stereocenters. The van der Waals surface area contributed by atoms with Crippen LogP contribution in [0.3, 0.4) is 0 Å². The highest BCUT2D eigenvalue weighted by atomic mass is 16.5. The van der Waals surface area contributed by atoms with Crippen LogP contribution in [0, 0.1) is 0 Å². The Kier molecular flexibility index (Phi) is 6.13. The third kappa shape index (κ3) is 3.57. The molecule has 2 heterocycles. The van der Waals surface area contributed by atoms with E-state index in [4.69, 9.17) is 9.84 Å². The second-order valence-electron chi connectivity index (χ2n) is 6.73. The smallest absolute Gasteiger partial charge is 0.340 e. The third-order valence-electron chi connectivity index (χ3n) is 5.55. The molecule has 1 amide bonds. The summed E-state index contributed by atoms with van der Waals surface area (Å²) >= 11 is 0.